The highest BCUT2D eigenvalue weighted by Crippen LogP contribution is 2.42. The maximum Gasteiger partial charge on any atom is 0.341 e. The molecule has 1 N–H and O–H groups in total. The van der Waals surface area contributed by atoms with E-state index in [4.69, 9.17) is 9.47 Å². The standard InChI is InChI=1S/C37H32FNO5/c1-43-30-18-16-28(17-19-30)32-22-29(23-33(36(32)44-25-35(40)41)31-14-8-9-15-34(31)38)37(42)39(24-27-12-6-3-7-13-27)21-20-26-10-4-2-5-11-26/h2-19,22-23H,20-21,24-25H2,1H3,(H,40,41). The van der Waals surface area contributed by atoms with Crippen molar-refractivity contribution in [1.29, 1.82) is 0 Å². The number of carbonyl (C=O) groups is 2. The quantitative estimate of drug-likeness (QED) is 0.163. The number of halogens is 1. The second kappa shape index (κ2) is 14.2. The molecule has 5 aromatic carbocycles. The Hall–Kier alpha value is -5.43. The summed E-state index contributed by atoms with van der Waals surface area (Å²) in [4.78, 5) is 27.7. The molecule has 44 heavy (non-hydrogen) atoms. The molecule has 0 aliphatic heterocycles. The minimum Gasteiger partial charge on any atom is -0.497 e. The third-order valence-corrected chi connectivity index (χ3v) is 7.26. The number of carbonyl (C=O) groups excluding carboxylic acids is 1. The van der Waals surface area contributed by atoms with Crippen molar-refractivity contribution >= 4 is 11.9 Å². The van der Waals surface area contributed by atoms with Gasteiger partial charge in [-0.05, 0) is 53.4 Å². The summed E-state index contributed by atoms with van der Waals surface area (Å²) in [5, 5.41) is 9.45. The maximum absolute atomic E-state index is 15.3. The van der Waals surface area contributed by atoms with Crippen molar-refractivity contribution in [1.82, 2.24) is 4.90 Å². The lowest BCUT2D eigenvalue weighted by Gasteiger charge is -2.25. The monoisotopic (exact) mass is 589 g/mol. The van der Waals surface area contributed by atoms with E-state index in [2.05, 4.69) is 0 Å². The number of nitrogens with zero attached hydrogens (tertiary/aromatic N) is 1. The van der Waals surface area contributed by atoms with Crippen molar-refractivity contribution in [2.75, 3.05) is 20.3 Å². The fourth-order valence-electron chi connectivity index (χ4n) is 5.05. The van der Waals surface area contributed by atoms with E-state index in [1.165, 1.54) is 6.07 Å². The summed E-state index contributed by atoms with van der Waals surface area (Å²) in [5.41, 5.74) is 3.97. The summed E-state index contributed by atoms with van der Waals surface area (Å²) in [6.07, 6.45) is 0.644. The van der Waals surface area contributed by atoms with Crippen LogP contribution >= 0.6 is 0 Å². The van der Waals surface area contributed by atoms with Crippen LogP contribution < -0.4 is 9.47 Å². The van der Waals surface area contributed by atoms with E-state index in [1.807, 2.05) is 60.7 Å². The average Bonchev–Trinajstić information content (AvgIpc) is 3.06. The van der Waals surface area contributed by atoms with Crippen molar-refractivity contribution < 1.29 is 28.6 Å². The summed E-state index contributed by atoms with van der Waals surface area (Å²) < 4.78 is 26.4. The predicted molar refractivity (Wildman–Crippen MR) is 168 cm³/mol. The Bertz CT molecular complexity index is 1720. The summed E-state index contributed by atoms with van der Waals surface area (Å²) in [7, 11) is 1.56. The van der Waals surface area contributed by atoms with Gasteiger partial charge in [-0.3, -0.25) is 4.79 Å². The number of methoxy groups -OCH3 is 1. The van der Waals surface area contributed by atoms with Gasteiger partial charge in [0.1, 0.15) is 17.3 Å². The molecule has 0 fully saturated rings. The first kappa shape index (κ1) is 30.0. The summed E-state index contributed by atoms with van der Waals surface area (Å²) in [6, 6.07) is 36.2. The van der Waals surface area contributed by atoms with Crippen molar-refractivity contribution in [2.45, 2.75) is 13.0 Å². The number of hydrogen-bond acceptors (Lipinski definition) is 4. The van der Waals surface area contributed by atoms with Crippen LogP contribution in [0.3, 0.4) is 0 Å². The molecule has 222 valence electrons. The van der Waals surface area contributed by atoms with Gasteiger partial charge >= 0.3 is 5.97 Å². The molecule has 0 radical (unpaired) electrons. The highest BCUT2D eigenvalue weighted by molar-refractivity contribution is 5.99. The minimum atomic E-state index is -1.18. The smallest absolute Gasteiger partial charge is 0.341 e. The van der Waals surface area contributed by atoms with E-state index in [-0.39, 0.29) is 22.8 Å². The molecule has 0 saturated heterocycles. The average molecular weight is 590 g/mol. The molecule has 0 unspecified atom stereocenters. The third kappa shape index (κ3) is 7.31. The first-order valence-electron chi connectivity index (χ1n) is 14.2. The summed E-state index contributed by atoms with van der Waals surface area (Å²) in [6.45, 7) is 0.174. The Balaban J connectivity index is 1.65. The fourth-order valence-corrected chi connectivity index (χ4v) is 5.05. The van der Waals surface area contributed by atoms with Crippen molar-refractivity contribution in [3.63, 3.8) is 0 Å². The van der Waals surface area contributed by atoms with Crippen LogP contribution in [0.5, 0.6) is 11.5 Å². The van der Waals surface area contributed by atoms with Crippen LogP contribution in [0, 0.1) is 5.82 Å². The van der Waals surface area contributed by atoms with Crippen LogP contribution in [-0.4, -0.2) is 42.1 Å². The molecule has 5 rings (SSSR count). The summed E-state index contributed by atoms with van der Waals surface area (Å²) in [5.74, 6) is -1.17. The Morgan fingerprint density at radius 2 is 1.36 bits per heavy atom. The second-order valence-electron chi connectivity index (χ2n) is 10.2. The van der Waals surface area contributed by atoms with E-state index in [0.29, 0.717) is 42.0 Å². The molecule has 0 bridgehead atoms. The highest BCUT2D eigenvalue weighted by Gasteiger charge is 2.24. The van der Waals surface area contributed by atoms with E-state index in [0.717, 1.165) is 11.1 Å². The van der Waals surface area contributed by atoms with Gasteiger partial charge < -0.3 is 19.5 Å². The maximum atomic E-state index is 15.3. The molecule has 5 aromatic rings. The molecule has 0 heterocycles. The SMILES string of the molecule is COc1ccc(-c2cc(C(=O)N(CCc3ccccc3)Cc3ccccc3)cc(-c3ccccc3F)c2OCC(=O)O)cc1. The van der Waals surface area contributed by atoms with E-state index < -0.39 is 18.4 Å². The molecule has 0 spiro atoms. The third-order valence-electron chi connectivity index (χ3n) is 7.26. The molecule has 0 atom stereocenters. The largest absolute Gasteiger partial charge is 0.497 e. The second-order valence-corrected chi connectivity index (χ2v) is 10.2. The number of benzene rings is 5. The lowest BCUT2D eigenvalue weighted by Crippen LogP contribution is -2.32. The number of carboxylic acid groups (broad SMARTS) is 1. The van der Waals surface area contributed by atoms with Gasteiger partial charge in [-0.1, -0.05) is 91.0 Å². The van der Waals surface area contributed by atoms with Gasteiger partial charge in [-0.15, -0.1) is 0 Å². The molecular formula is C37H32FNO5. The summed E-state index contributed by atoms with van der Waals surface area (Å²) >= 11 is 0. The van der Waals surface area contributed by atoms with Crippen LogP contribution in [0.4, 0.5) is 4.39 Å². The number of carboxylic acids is 1. The van der Waals surface area contributed by atoms with Crippen LogP contribution in [0.2, 0.25) is 0 Å². The number of aliphatic carboxylic acids is 1. The first-order valence-corrected chi connectivity index (χ1v) is 14.2. The van der Waals surface area contributed by atoms with Crippen molar-refractivity contribution in [3.8, 4) is 33.8 Å². The van der Waals surface area contributed by atoms with Crippen LogP contribution in [-0.2, 0) is 17.8 Å². The normalized spacial score (nSPS) is 10.7. The van der Waals surface area contributed by atoms with Crippen LogP contribution in [0.1, 0.15) is 21.5 Å². The minimum absolute atomic E-state index is 0.165. The number of rotatable bonds is 12. The zero-order chi connectivity index (χ0) is 30.9. The fraction of sp³-hybridized carbons (Fsp3) is 0.135. The zero-order valence-electron chi connectivity index (χ0n) is 24.3. The molecule has 1 amide bonds. The van der Waals surface area contributed by atoms with Crippen LogP contribution in [0.15, 0.2) is 121 Å². The zero-order valence-corrected chi connectivity index (χ0v) is 24.3. The van der Waals surface area contributed by atoms with E-state index >= 15 is 4.39 Å². The van der Waals surface area contributed by atoms with Gasteiger partial charge in [0.15, 0.2) is 6.61 Å². The van der Waals surface area contributed by atoms with Crippen LogP contribution in [0.25, 0.3) is 22.3 Å². The van der Waals surface area contributed by atoms with Gasteiger partial charge in [0, 0.05) is 35.3 Å². The Labute approximate surface area is 255 Å². The Kier molecular flexibility index (Phi) is 9.67. The predicted octanol–water partition coefficient (Wildman–Crippen LogP) is 7.52. The van der Waals surface area contributed by atoms with Crippen molar-refractivity contribution in [3.05, 3.63) is 144 Å². The van der Waals surface area contributed by atoms with Gasteiger partial charge in [0.2, 0.25) is 0 Å². The molecule has 6 nitrogen and oxygen atoms in total. The van der Waals surface area contributed by atoms with Gasteiger partial charge in [-0.25, -0.2) is 9.18 Å². The number of hydrogen-bond donors (Lipinski definition) is 1. The molecule has 0 aliphatic carbocycles. The molecule has 0 aliphatic rings. The van der Waals surface area contributed by atoms with Gasteiger partial charge in [0.25, 0.3) is 5.91 Å². The lowest BCUT2D eigenvalue weighted by molar-refractivity contribution is -0.139. The van der Waals surface area contributed by atoms with Gasteiger partial charge in [0.05, 0.1) is 7.11 Å². The number of amides is 1. The van der Waals surface area contributed by atoms with E-state index in [1.54, 1.807) is 66.6 Å². The molecule has 7 heteroatoms. The Morgan fingerprint density at radius 3 is 2.00 bits per heavy atom. The highest BCUT2D eigenvalue weighted by atomic mass is 19.1. The van der Waals surface area contributed by atoms with Crippen molar-refractivity contribution in [2.24, 2.45) is 0 Å². The molecule has 0 saturated carbocycles. The molecular weight excluding hydrogens is 557 g/mol. The molecule has 0 aromatic heterocycles. The first-order chi connectivity index (χ1) is 21.4. The Morgan fingerprint density at radius 1 is 0.750 bits per heavy atom. The topological polar surface area (TPSA) is 76.1 Å². The van der Waals surface area contributed by atoms with Gasteiger partial charge in [-0.2, -0.15) is 0 Å². The lowest BCUT2D eigenvalue weighted by atomic mass is 9.93. The van der Waals surface area contributed by atoms with E-state index in [9.17, 15) is 14.7 Å². The number of ether oxygens (including phenoxy) is 2.